The maximum atomic E-state index is 13.2. The van der Waals surface area contributed by atoms with E-state index >= 15 is 0 Å². The van der Waals surface area contributed by atoms with Gasteiger partial charge in [0.25, 0.3) is 0 Å². The van der Waals surface area contributed by atoms with E-state index in [0.29, 0.717) is 22.4 Å². The van der Waals surface area contributed by atoms with Crippen LogP contribution in [-0.4, -0.2) is 64.9 Å². The summed E-state index contributed by atoms with van der Waals surface area (Å²) >= 11 is 1.25. The van der Waals surface area contributed by atoms with Gasteiger partial charge < -0.3 is 10.2 Å². The lowest BCUT2D eigenvalue weighted by molar-refractivity contribution is -0.120. The number of anilines is 3. The van der Waals surface area contributed by atoms with Gasteiger partial charge in [0.05, 0.1) is 0 Å². The van der Waals surface area contributed by atoms with Crippen LogP contribution in [0.1, 0.15) is 18.5 Å². The van der Waals surface area contributed by atoms with Crippen LogP contribution in [0.4, 0.5) is 20.5 Å². The van der Waals surface area contributed by atoms with E-state index in [9.17, 15) is 9.18 Å². The summed E-state index contributed by atoms with van der Waals surface area (Å²) in [6.07, 6.45) is 1.63. The van der Waals surface area contributed by atoms with Crippen molar-refractivity contribution in [3.8, 4) is 0 Å². The molecule has 0 bridgehead atoms. The highest BCUT2D eigenvalue weighted by Gasteiger charge is 2.24. The van der Waals surface area contributed by atoms with Gasteiger partial charge in [-0.2, -0.15) is 5.10 Å². The minimum Gasteiger partial charge on any atom is -0.356 e. The largest absolute Gasteiger partial charge is 0.356 e. The Bertz CT molecular complexity index is 982. The molecule has 0 aliphatic carbocycles. The maximum Gasteiger partial charge on any atom is 0.248 e. The van der Waals surface area contributed by atoms with Gasteiger partial charge in [0.1, 0.15) is 11.9 Å². The second-order valence-electron chi connectivity index (χ2n) is 7.33. The number of halogens is 1. The number of hydrogen-bond acceptors (Lipinski definition) is 9. The summed E-state index contributed by atoms with van der Waals surface area (Å²) in [7, 11) is 5.51. The third-order valence-corrected chi connectivity index (χ3v) is 5.24. The number of rotatable bonds is 9. The highest BCUT2D eigenvalue weighted by Crippen LogP contribution is 2.25. The number of hydrogen-bond donors (Lipinski definition) is 2. The second-order valence-corrected chi connectivity index (χ2v) is 8.30. The molecule has 2 heterocycles. The molecule has 9 nitrogen and oxygen atoms in total. The molecule has 3 aromatic rings. The van der Waals surface area contributed by atoms with E-state index in [0.717, 1.165) is 5.82 Å². The van der Waals surface area contributed by atoms with E-state index in [1.54, 1.807) is 37.3 Å². The molecule has 0 aliphatic rings. The predicted molar refractivity (Wildman–Crippen MR) is 120 cm³/mol. The molecule has 2 N–H and O–H groups in total. The van der Waals surface area contributed by atoms with Crippen LogP contribution in [0, 0.1) is 5.82 Å². The van der Waals surface area contributed by atoms with Gasteiger partial charge >= 0.3 is 0 Å². The predicted octanol–water partition coefficient (Wildman–Crippen LogP) is 2.65. The van der Waals surface area contributed by atoms with Crippen molar-refractivity contribution in [2.45, 2.75) is 19.0 Å². The Labute approximate surface area is 184 Å². The molecule has 164 valence electrons. The fourth-order valence-electron chi connectivity index (χ4n) is 3.09. The molecule has 1 amide bonds. The van der Waals surface area contributed by atoms with Crippen molar-refractivity contribution in [2.24, 2.45) is 0 Å². The Balaban J connectivity index is 1.59. The van der Waals surface area contributed by atoms with Crippen LogP contribution in [0.3, 0.4) is 0 Å². The van der Waals surface area contributed by atoms with Gasteiger partial charge in [-0.25, -0.2) is 4.39 Å². The number of benzene rings is 1. The van der Waals surface area contributed by atoms with Crippen LogP contribution >= 0.6 is 11.3 Å². The molecular formula is C20H25FN8OS. The first-order valence-corrected chi connectivity index (χ1v) is 10.5. The number of amides is 1. The SMILES string of the molecule is C[C@H](CN(C)c1cccnn1)Nc1nnc(NC(=O)[C@@H](c2ccc(F)cc2)N(C)C)s1. The third-order valence-electron chi connectivity index (χ3n) is 4.47. The molecule has 2 aromatic heterocycles. The van der Waals surface area contributed by atoms with Crippen LogP contribution in [0.15, 0.2) is 42.6 Å². The number of carbonyl (C=O) groups is 1. The highest BCUT2D eigenvalue weighted by molar-refractivity contribution is 7.19. The number of carbonyl (C=O) groups excluding carboxylic acids is 1. The molecule has 11 heteroatoms. The monoisotopic (exact) mass is 444 g/mol. The zero-order valence-corrected chi connectivity index (χ0v) is 18.6. The lowest BCUT2D eigenvalue weighted by Gasteiger charge is -2.23. The van der Waals surface area contributed by atoms with E-state index in [1.807, 2.05) is 31.0 Å². The topological polar surface area (TPSA) is 99.2 Å². The Morgan fingerprint density at radius 3 is 2.45 bits per heavy atom. The molecule has 0 fully saturated rings. The molecular weight excluding hydrogens is 419 g/mol. The van der Waals surface area contributed by atoms with E-state index in [2.05, 4.69) is 31.0 Å². The molecule has 2 atom stereocenters. The maximum absolute atomic E-state index is 13.2. The van der Waals surface area contributed by atoms with Crippen LogP contribution in [0.5, 0.6) is 0 Å². The Morgan fingerprint density at radius 1 is 1.10 bits per heavy atom. The lowest BCUT2D eigenvalue weighted by Crippen LogP contribution is -2.32. The second kappa shape index (κ2) is 10.2. The number of likely N-dealkylation sites (N-methyl/N-ethyl adjacent to an activating group) is 2. The summed E-state index contributed by atoms with van der Waals surface area (Å²) in [4.78, 5) is 16.6. The van der Waals surface area contributed by atoms with E-state index in [1.165, 1.54) is 23.5 Å². The first-order chi connectivity index (χ1) is 14.8. The van der Waals surface area contributed by atoms with Crippen molar-refractivity contribution < 1.29 is 9.18 Å². The fraction of sp³-hybridized carbons (Fsp3) is 0.350. The summed E-state index contributed by atoms with van der Waals surface area (Å²) in [6, 6.07) is 9.07. The van der Waals surface area contributed by atoms with Gasteiger partial charge in [-0.15, -0.1) is 15.3 Å². The van der Waals surface area contributed by atoms with Gasteiger partial charge in [0.15, 0.2) is 5.82 Å². The Hall–Kier alpha value is -3.18. The summed E-state index contributed by atoms with van der Waals surface area (Å²) in [5, 5.41) is 23.2. The molecule has 0 saturated heterocycles. The number of nitrogens with zero attached hydrogens (tertiary/aromatic N) is 6. The molecule has 0 unspecified atom stereocenters. The average molecular weight is 445 g/mol. The van der Waals surface area contributed by atoms with E-state index in [4.69, 9.17) is 0 Å². The van der Waals surface area contributed by atoms with E-state index in [-0.39, 0.29) is 17.8 Å². The summed E-state index contributed by atoms with van der Waals surface area (Å²) in [5.41, 5.74) is 0.687. The summed E-state index contributed by atoms with van der Waals surface area (Å²) < 4.78 is 13.2. The highest BCUT2D eigenvalue weighted by atomic mass is 32.1. The average Bonchev–Trinajstić information content (AvgIpc) is 3.16. The summed E-state index contributed by atoms with van der Waals surface area (Å²) in [5.74, 6) is 0.159. The van der Waals surface area contributed by atoms with Crippen LogP contribution in [-0.2, 0) is 4.79 Å². The van der Waals surface area contributed by atoms with Crippen molar-refractivity contribution in [1.82, 2.24) is 25.3 Å². The number of aromatic nitrogens is 4. The minimum absolute atomic E-state index is 0.0530. The Kier molecular flexibility index (Phi) is 7.42. The van der Waals surface area contributed by atoms with Crippen molar-refractivity contribution in [3.63, 3.8) is 0 Å². The lowest BCUT2D eigenvalue weighted by atomic mass is 10.1. The molecule has 0 radical (unpaired) electrons. The van der Waals surface area contributed by atoms with Gasteiger partial charge in [-0.3, -0.25) is 15.0 Å². The van der Waals surface area contributed by atoms with Crippen molar-refractivity contribution in [2.75, 3.05) is 43.2 Å². The minimum atomic E-state index is -0.583. The first-order valence-electron chi connectivity index (χ1n) is 9.65. The summed E-state index contributed by atoms with van der Waals surface area (Å²) in [6.45, 7) is 2.69. The third kappa shape index (κ3) is 6.15. The molecule has 0 spiro atoms. The molecule has 1 aromatic carbocycles. The quantitative estimate of drug-likeness (QED) is 0.520. The molecule has 0 aliphatic heterocycles. The van der Waals surface area contributed by atoms with Gasteiger partial charge in [-0.1, -0.05) is 23.5 Å². The van der Waals surface area contributed by atoms with Gasteiger partial charge in [0.2, 0.25) is 16.2 Å². The van der Waals surface area contributed by atoms with Gasteiger partial charge in [-0.05, 0) is 50.8 Å². The Morgan fingerprint density at radius 2 is 1.81 bits per heavy atom. The van der Waals surface area contributed by atoms with E-state index < -0.39 is 6.04 Å². The zero-order valence-electron chi connectivity index (χ0n) is 17.8. The smallest absolute Gasteiger partial charge is 0.248 e. The molecule has 0 saturated carbocycles. The van der Waals surface area contributed by atoms with Crippen molar-refractivity contribution >= 4 is 33.3 Å². The number of nitrogens with one attached hydrogen (secondary N) is 2. The first kappa shape index (κ1) is 22.5. The molecule has 31 heavy (non-hydrogen) atoms. The van der Waals surface area contributed by atoms with Crippen LogP contribution < -0.4 is 15.5 Å². The fourth-order valence-corrected chi connectivity index (χ4v) is 3.85. The van der Waals surface area contributed by atoms with Crippen molar-refractivity contribution in [1.29, 1.82) is 0 Å². The zero-order chi connectivity index (χ0) is 22.4. The normalized spacial score (nSPS) is 13.0. The van der Waals surface area contributed by atoms with Gasteiger partial charge in [0, 0.05) is 25.8 Å². The molecule has 3 rings (SSSR count). The van der Waals surface area contributed by atoms with Crippen LogP contribution in [0.25, 0.3) is 0 Å². The standard InChI is InChI=1S/C20H25FN8OS/c1-13(12-29(4)16-6-5-11-22-25-16)23-19-26-27-20(31-19)24-18(30)17(28(2)3)14-7-9-15(21)10-8-14/h5-11,13,17H,12H2,1-4H3,(H,23,26)(H,24,27,30)/t13-,17-/m1/s1. The van der Waals surface area contributed by atoms with Crippen molar-refractivity contribution in [3.05, 3.63) is 54.0 Å². The van der Waals surface area contributed by atoms with Crippen LogP contribution in [0.2, 0.25) is 0 Å².